The van der Waals surface area contributed by atoms with Crippen LogP contribution in [0.25, 0.3) is 0 Å². The van der Waals surface area contributed by atoms with Crippen molar-refractivity contribution >= 4 is 24.0 Å². The number of ether oxygens (including phenoxy) is 1. The van der Waals surface area contributed by atoms with Crippen LogP contribution >= 0.6 is 0 Å². The molecule has 2 aromatic carbocycles. The Balaban J connectivity index is 0.00000204. The highest BCUT2D eigenvalue weighted by atomic mass is 16.5. The van der Waals surface area contributed by atoms with Gasteiger partial charge in [-0.15, -0.1) is 0 Å². The number of amidine groups is 1. The minimum absolute atomic E-state index is 0.0776. The zero-order chi connectivity index (χ0) is 21.8. The number of nitrogen functional groups attached to an aromatic ring is 1. The summed E-state index contributed by atoms with van der Waals surface area (Å²) in [6.07, 6.45) is 0.336. The molecule has 9 nitrogen and oxygen atoms in total. The fourth-order valence-electron chi connectivity index (χ4n) is 2.29. The molecule has 0 fully saturated rings. The highest BCUT2D eigenvalue weighted by Crippen LogP contribution is 2.14. The quantitative estimate of drug-likeness (QED) is 0.238. The number of nitrogens with two attached hydrogens (primary N) is 1. The summed E-state index contributed by atoms with van der Waals surface area (Å²) in [7, 11) is 1.00. The molecule has 0 aliphatic rings. The number of carboxylic acids is 1. The number of hydrogen-bond acceptors (Lipinski definition) is 6. The second-order valence-corrected chi connectivity index (χ2v) is 5.76. The Bertz CT molecular complexity index is 852. The van der Waals surface area contributed by atoms with E-state index in [2.05, 4.69) is 5.32 Å². The van der Waals surface area contributed by atoms with Crippen molar-refractivity contribution in [3.8, 4) is 5.75 Å². The summed E-state index contributed by atoms with van der Waals surface area (Å²) in [6, 6.07) is 11.7. The summed E-state index contributed by atoms with van der Waals surface area (Å²) < 4.78 is 5.56. The predicted molar refractivity (Wildman–Crippen MR) is 106 cm³/mol. The molecule has 2 rings (SSSR count). The average Bonchev–Trinajstić information content (AvgIpc) is 2.73. The Morgan fingerprint density at radius 2 is 1.83 bits per heavy atom. The molecule has 0 bridgehead atoms. The summed E-state index contributed by atoms with van der Waals surface area (Å²) in [4.78, 5) is 34.0. The molecular formula is C20H23N3O6. The summed E-state index contributed by atoms with van der Waals surface area (Å²) in [5.74, 6) is -1.27. The van der Waals surface area contributed by atoms with Crippen LogP contribution in [0.4, 0.5) is 0 Å². The molecule has 0 heterocycles. The van der Waals surface area contributed by atoms with Crippen molar-refractivity contribution in [3.63, 3.8) is 0 Å². The van der Waals surface area contributed by atoms with Gasteiger partial charge in [0, 0.05) is 23.8 Å². The largest absolute Gasteiger partial charge is 0.491 e. The maximum absolute atomic E-state index is 12.3. The molecule has 6 N–H and O–H groups in total. The van der Waals surface area contributed by atoms with E-state index in [1.807, 2.05) is 0 Å². The van der Waals surface area contributed by atoms with Crippen LogP contribution in [0.1, 0.15) is 32.7 Å². The minimum atomic E-state index is -1.09. The normalized spacial score (nSPS) is 10.7. The minimum Gasteiger partial charge on any atom is -0.491 e. The van der Waals surface area contributed by atoms with Crippen molar-refractivity contribution in [1.82, 2.24) is 5.32 Å². The number of amides is 1. The first-order chi connectivity index (χ1) is 13.9. The third-order valence-corrected chi connectivity index (χ3v) is 3.66. The maximum atomic E-state index is 12.3. The second-order valence-electron chi connectivity index (χ2n) is 5.76. The number of aliphatic hydroxyl groups excluding tert-OH is 1. The first-order valence-electron chi connectivity index (χ1n) is 8.49. The van der Waals surface area contributed by atoms with E-state index in [9.17, 15) is 14.4 Å². The first kappa shape index (κ1) is 23.3. The number of aliphatic carboxylic acids is 1. The van der Waals surface area contributed by atoms with E-state index in [-0.39, 0.29) is 18.9 Å². The molecule has 154 valence electrons. The molecule has 1 atom stereocenters. The summed E-state index contributed by atoms with van der Waals surface area (Å²) in [5.41, 5.74) is 6.63. The number of nitrogens with one attached hydrogen (secondary N) is 2. The van der Waals surface area contributed by atoms with Crippen LogP contribution < -0.4 is 15.8 Å². The van der Waals surface area contributed by atoms with E-state index in [4.69, 9.17) is 26.1 Å². The lowest BCUT2D eigenvalue weighted by molar-refractivity contribution is -0.137. The van der Waals surface area contributed by atoms with Crippen LogP contribution in [0.2, 0.25) is 0 Å². The smallest absolute Gasteiger partial charge is 0.305 e. The molecule has 29 heavy (non-hydrogen) atoms. The summed E-state index contributed by atoms with van der Waals surface area (Å²) >= 11 is 0. The van der Waals surface area contributed by atoms with Crippen LogP contribution in [-0.4, -0.2) is 54.0 Å². The van der Waals surface area contributed by atoms with Crippen molar-refractivity contribution in [2.24, 2.45) is 5.73 Å². The van der Waals surface area contributed by atoms with Gasteiger partial charge in [-0.2, -0.15) is 0 Å². The van der Waals surface area contributed by atoms with Gasteiger partial charge >= 0.3 is 5.97 Å². The lowest BCUT2D eigenvalue weighted by Gasteiger charge is -2.18. The van der Waals surface area contributed by atoms with Crippen molar-refractivity contribution in [1.29, 1.82) is 5.41 Å². The molecule has 0 saturated carbocycles. The number of rotatable bonds is 9. The zero-order valence-electron chi connectivity index (χ0n) is 15.8. The molecule has 0 saturated heterocycles. The van der Waals surface area contributed by atoms with Gasteiger partial charge in [-0.1, -0.05) is 24.3 Å². The lowest BCUT2D eigenvalue weighted by atomic mass is 10.1. The highest BCUT2D eigenvalue weighted by molar-refractivity contribution is 5.95. The Kier molecular flexibility index (Phi) is 9.55. The number of hydrogen-bond donors (Lipinski definition) is 5. The molecule has 9 heteroatoms. The Morgan fingerprint density at radius 1 is 1.17 bits per heavy atom. The lowest BCUT2D eigenvalue weighted by Crippen LogP contribution is -2.40. The molecule has 0 radical (unpaired) electrons. The van der Waals surface area contributed by atoms with E-state index in [0.717, 1.165) is 7.11 Å². The standard InChI is InChI=1S/C19H19N3O5.CH4O/c20-18(21)14-2-1-3-16(8-14)27-11-15(9-17(24)25)22-19(26)13-6-4-12(10-23)5-7-13;1-2/h1-8,10,15H,9,11H2,(H3,20,21)(H,22,26)(H,24,25);2H,1H3/t15-;/m1./s1. The Labute approximate surface area is 167 Å². The van der Waals surface area contributed by atoms with Gasteiger partial charge in [0.25, 0.3) is 5.91 Å². The molecule has 2 aromatic rings. The van der Waals surface area contributed by atoms with Gasteiger partial charge in [-0.3, -0.25) is 19.8 Å². The van der Waals surface area contributed by atoms with Gasteiger partial charge in [0.1, 0.15) is 24.5 Å². The summed E-state index contributed by atoms with van der Waals surface area (Å²) in [5, 5.41) is 26.1. The summed E-state index contributed by atoms with van der Waals surface area (Å²) in [6.45, 7) is -0.0776. The van der Waals surface area contributed by atoms with Crippen molar-refractivity contribution in [2.75, 3.05) is 13.7 Å². The van der Waals surface area contributed by atoms with Crippen LogP contribution in [0, 0.1) is 5.41 Å². The fourth-order valence-corrected chi connectivity index (χ4v) is 2.29. The average molecular weight is 401 g/mol. The van der Waals surface area contributed by atoms with Crippen LogP contribution in [0.3, 0.4) is 0 Å². The van der Waals surface area contributed by atoms with Crippen LogP contribution in [0.5, 0.6) is 5.75 Å². The number of aldehydes is 1. The molecule has 0 aromatic heterocycles. The van der Waals surface area contributed by atoms with Gasteiger partial charge in [0.2, 0.25) is 0 Å². The molecule has 0 spiro atoms. The Hall–Kier alpha value is -3.72. The van der Waals surface area contributed by atoms with Crippen molar-refractivity contribution < 1.29 is 29.3 Å². The maximum Gasteiger partial charge on any atom is 0.305 e. The Morgan fingerprint density at radius 3 is 2.38 bits per heavy atom. The van der Waals surface area contributed by atoms with E-state index >= 15 is 0 Å². The molecule has 0 aliphatic carbocycles. The number of carbonyl (C=O) groups is 3. The zero-order valence-corrected chi connectivity index (χ0v) is 15.8. The third kappa shape index (κ3) is 7.81. The van der Waals surface area contributed by atoms with Crippen molar-refractivity contribution in [2.45, 2.75) is 12.5 Å². The SMILES string of the molecule is CO.N=C(N)c1cccc(OC[C@@H](CC(=O)O)NC(=O)c2ccc(C=O)cc2)c1. The third-order valence-electron chi connectivity index (χ3n) is 3.66. The number of benzene rings is 2. The van der Waals surface area contributed by atoms with E-state index in [1.165, 1.54) is 24.3 Å². The molecule has 1 amide bonds. The van der Waals surface area contributed by atoms with E-state index < -0.39 is 17.9 Å². The van der Waals surface area contributed by atoms with Gasteiger partial charge in [-0.25, -0.2) is 0 Å². The van der Waals surface area contributed by atoms with E-state index in [0.29, 0.717) is 28.7 Å². The number of carboxylic acid groups (broad SMARTS) is 1. The molecule has 0 unspecified atom stereocenters. The molecular weight excluding hydrogens is 378 g/mol. The van der Waals surface area contributed by atoms with E-state index in [1.54, 1.807) is 24.3 Å². The van der Waals surface area contributed by atoms with Gasteiger partial charge in [-0.05, 0) is 24.3 Å². The predicted octanol–water partition coefficient (Wildman–Crippen LogP) is 1.04. The highest BCUT2D eigenvalue weighted by Gasteiger charge is 2.18. The van der Waals surface area contributed by atoms with Crippen LogP contribution in [-0.2, 0) is 4.79 Å². The van der Waals surface area contributed by atoms with Gasteiger partial charge < -0.3 is 26.0 Å². The number of carbonyl (C=O) groups excluding carboxylic acids is 2. The topological polar surface area (TPSA) is 163 Å². The van der Waals surface area contributed by atoms with Gasteiger partial charge in [0.15, 0.2) is 0 Å². The number of aliphatic hydroxyl groups is 1. The fraction of sp³-hybridized carbons (Fsp3) is 0.200. The molecule has 0 aliphatic heterocycles. The van der Waals surface area contributed by atoms with Gasteiger partial charge in [0.05, 0.1) is 12.5 Å². The van der Waals surface area contributed by atoms with Crippen molar-refractivity contribution in [3.05, 3.63) is 65.2 Å². The monoisotopic (exact) mass is 401 g/mol. The first-order valence-corrected chi connectivity index (χ1v) is 8.49. The van der Waals surface area contributed by atoms with Crippen LogP contribution in [0.15, 0.2) is 48.5 Å². The second kappa shape index (κ2) is 11.9.